The molecule has 0 spiro atoms. The van der Waals surface area contributed by atoms with Crippen LogP contribution in [0.5, 0.6) is 11.5 Å². The predicted molar refractivity (Wildman–Crippen MR) is 106 cm³/mol. The normalized spacial score (nSPS) is 23.0. The molecule has 1 amide bonds. The van der Waals surface area contributed by atoms with Gasteiger partial charge in [0.15, 0.2) is 29.6 Å². The highest BCUT2D eigenvalue weighted by atomic mass is 16.7. The zero-order chi connectivity index (χ0) is 20.7. The van der Waals surface area contributed by atoms with E-state index in [1.807, 2.05) is 12.1 Å². The first-order valence-electron chi connectivity index (χ1n) is 10.0. The van der Waals surface area contributed by atoms with E-state index in [9.17, 15) is 14.7 Å². The number of nitrogens with one attached hydrogen (secondary N) is 1. The van der Waals surface area contributed by atoms with Gasteiger partial charge in [-0.1, -0.05) is 18.2 Å². The van der Waals surface area contributed by atoms with Gasteiger partial charge >= 0.3 is 0 Å². The fourth-order valence-corrected chi connectivity index (χ4v) is 4.28. The van der Waals surface area contributed by atoms with Gasteiger partial charge in [-0.2, -0.15) is 0 Å². The van der Waals surface area contributed by atoms with Gasteiger partial charge in [-0.15, -0.1) is 0 Å². The van der Waals surface area contributed by atoms with E-state index in [0.717, 1.165) is 13.1 Å². The number of quaternary nitrogens is 1. The Hall–Kier alpha value is -2.94. The van der Waals surface area contributed by atoms with Crippen LogP contribution in [-0.2, 0) is 15.1 Å². The molecule has 3 aliphatic heterocycles. The first-order valence-corrected chi connectivity index (χ1v) is 10.0. The molecule has 5 rings (SSSR count). The molecule has 0 aromatic heterocycles. The molecule has 2 aromatic carbocycles. The number of ether oxygens (including phenoxy) is 3. The summed E-state index contributed by atoms with van der Waals surface area (Å²) in [5.74, 6) is 0.270. The van der Waals surface area contributed by atoms with Crippen molar-refractivity contribution >= 4 is 17.4 Å². The number of hydrogen-bond acceptors (Lipinski definition) is 6. The molecule has 0 radical (unpaired) electrons. The van der Waals surface area contributed by atoms with Crippen molar-refractivity contribution < 1.29 is 33.8 Å². The number of carbonyl (C=O) groups excluding carboxylic acids is 2. The van der Waals surface area contributed by atoms with Crippen molar-refractivity contribution in [3.63, 3.8) is 0 Å². The van der Waals surface area contributed by atoms with Gasteiger partial charge in [-0.25, -0.2) is 0 Å². The molecule has 8 heteroatoms. The SMILES string of the molecule is O=C(C[C@@]1(O)C(=O)N(C[NH+]2CCOCC2)c2ccccc21)c1ccc2c(c1)OCO2. The molecule has 3 aliphatic rings. The van der Waals surface area contributed by atoms with Gasteiger partial charge in [0.2, 0.25) is 6.79 Å². The molecular formula is C22H23N2O6+. The summed E-state index contributed by atoms with van der Waals surface area (Å²) in [6.45, 7) is 3.42. The van der Waals surface area contributed by atoms with Crippen LogP contribution in [0.1, 0.15) is 22.3 Å². The number of anilines is 1. The summed E-state index contributed by atoms with van der Waals surface area (Å²) in [6.07, 6.45) is -0.336. The van der Waals surface area contributed by atoms with Crippen LogP contribution in [0.3, 0.4) is 0 Å². The van der Waals surface area contributed by atoms with Crippen molar-refractivity contribution in [1.29, 1.82) is 0 Å². The third-order valence-electron chi connectivity index (χ3n) is 5.93. The van der Waals surface area contributed by atoms with Gasteiger partial charge in [-0.05, 0) is 24.3 Å². The van der Waals surface area contributed by atoms with Crippen LogP contribution in [-0.4, -0.2) is 56.6 Å². The maximum Gasteiger partial charge on any atom is 0.268 e. The van der Waals surface area contributed by atoms with E-state index < -0.39 is 11.5 Å². The summed E-state index contributed by atoms with van der Waals surface area (Å²) in [5.41, 5.74) is -0.398. The van der Waals surface area contributed by atoms with Gasteiger partial charge in [0, 0.05) is 11.1 Å². The Bertz CT molecular complexity index is 1000. The topological polar surface area (TPSA) is 89.7 Å². The van der Waals surface area contributed by atoms with E-state index in [-0.39, 0.29) is 19.0 Å². The number of carbonyl (C=O) groups is 2. The van der Waals surface area contributed by atoms with Crippen LogP contribution in [0, 0.1) is 0 Å². The van der Waals surface area contributed by atoms with Crippen LogP contribution < -0.4 is 19.3 Å². The molecule has 3 heterocycles. The average molecular weight is 411 g/mol. The van der Waals surface area contributed by atoms with E-state index >= 15 is 0 Å². The van der Waals surface area contributed by atoms with E-state index in [1.165, 1.54) is 4.90 Å². The van der Waals surface area contributed by atoms with Crippen molar-refractivity contribution in [2.75, 3.05) is 44.7 Å². The van der Waals surface area contributed by atoms with E-state index in [1.54, 1.807) is 35.2 Å². The summed E-state index contributed by atoms with van der Waals surface area (Å²) < 4.78 is 16.0. The minimum Gasteiger partial charge on any atom is -0.454 e. The lowest BCUT2D eigenvalue weighted by Crippen LogP contribution is -3.15. The average Bonchev–Trinajstić information content (AvgIpc) is 3.32. The molecule has 0 aliphatic carbocycles. The number of aliphatic hydroxyl groups is 1. The lowest BCUT2D eigenvalue weighted by Gasteiger charge is -2.29. The standard InChI is InChI=1S/C22H22N2O6/c25-18(15-5-6-19-20(11-15)30-14-29-19)12-22(27)16-3-1-2-4-17(16)24(21(22)26)13-23-7-9-28-10-8-23/h1-6,11,27H,7-10,12-14H2/p+1/t22-/m0/s1. The van der Waals surface area contributed by atoms with Crippen LogP contribution >= 0.6 is 0 Å². The van der Waals surface area contributed by atoms with Gasteiger partial charge in [0.1, 0.15) is 13.1 Å². The van der Waals surface area contributed by atoms with E-state index in [0.29, 0.717) is 48.2 Å². The molecule has 0 bridgehead atoms. The third kappa shape index (κ3) is 3.13. The van der Waals surface area contributed by atoms with Crippen LogP contribution in [0.2, 0.25) is 0 Å². The van der Waals surface area contributed by atoms with Crippen molar-refractivity contribution in [2.24, 2.45) is 0 Å². The molecule has 1 fully saturated rings. The smallest absolute Gasteiger partial charge is 0.268 e. The molecule has 2 aromatic rings. The van der Waals surface area contributed by atoms with Gasteiger partial charge in [0.25, 0.3) is 5.91 Å². The summed E-state index contributed by atoms with van der Waals surface area (Å²) in [5, 5.41) is 11.4. The monoisotopic (exact) mass is 411 g/mol. The highest BCUT2D eigenvalue weighted by Gasteiger charge is 2.51. The van der Waals surface area contributed by atoms with Crippen molar-refractivity contribution in [3.8, 4) is 11.5 Å². The predicted octanol–water partition coefficient (Wildman–Crippen LogP) is 0.0951. The van der Waals surface area contributed by atoms with E-state index in [4.69, 9.17) is 14.2 Å². The number of fused-ring (bicyclic) bond motifs is 2. The molecule has 1 saturated heterocycles. The lowest BCUT2D eigenvalue weighted by atomic mass is 9.88. The first kappa shape index (κ1) is 19.0. The zero-order valence-corrected chi connectivity index (χ0v) is 16.4. The molecular weight excluding hydrogens is 388 g/mol. The molecule has 156 valence electrons. The second kappa shape index (κ2) is 7.39. The molecule has 8 nitrogen and oxygen atoms in total. The second-order valence-corrected chi connectivity index (χ2v) is 7.80. The number of para-hydroxylation sites is 1. The number of amides is 1. The fourth-order valence-electron chi connectivity index (χ4n) is 4.28. The summed E-state index contributed by atoms with van der Waals surface area (Å²) in [6, 6.07) is 12.0. The van der Waals surface area contributed by atoms with E-state index in [2.05, 4.69) is 0 Å². The number of ketones is 1. The number of Topliss-reactive ketones (excluding diaryl/α,β-unsaturated/α-hetero) is 1. The highest BCUT2D eigenvalue weighted by molar-refractivity contribution is 6.10. The number of benzene rings is 2. The number of morpholine rings is 1. The quantitative estimate of drug-likeness (QED) is 0.679. The van der Waals surface area contributed by atoms with Crippen LogP contribution in [0.15, 0.2) is 42.5 Å². The van der Waals surface area contributed by atoms with Gasteiger partial charge < -0.3 is 24.2 Å². The minimum atomic E-state index is -1.89. The maximum atomic E-state index is 13.3. The molecule has 1 atom stereocenters. The van der Waals surface area contributed by atoms with Gasteiger partial charge in [0.05, 0.1) is 25.3 Å². The van der Waals surface area contributed by atoms with Crippen molar-refractivity contribution in [1.82, 2.24) is 0 Å². The zero-order valence-electron chi connectivity index (χ0n) is 16.4. The number of rotatable bonds is 5. The Morgan fingerprint density at radius 3 is 2.70 bits per heavy atom. The lowest BCUT2D eigenvalue weighted by molar-refractivity contribution is -0.906. The minimum absolute atomic E-state index is 0.113. The summed E-state index contributed by atoms with van der Waals surface area (Å²) in [7, 11) is 0. The van der Waals surface area contributed by atoms with Gasteiger partial charge in [-0.3, -0.25) is 14.5 Å². The first-order chi connectivity index (χ1) is 14.6. The Kier molecular flexibility index (Phi) is 4.69. The maximum absolute atomic E-state index is 13.3. The largest absolute Gasteiger partial charge is 0.454 e. The third-order valence-corrected chi connectivity index (χ3v) is 5.93. The number of hydrogen-bond donors (Lipinski definition) is 2. The molecule has 30 heavy (non-hydrogen) atoms. The van der Waals surface area contributed by atoms with Crippen LogP contribution in [0.25, 0.3) is 0 Å². The summed E-state index contributed by atoms with van der Waals surface area (Å²) in [4.78, 5) is 29.2. The second-order valence-electron chi connectivity index (χ2n) is 7.80. The summed E-state index contributed by atoms with van der Waals surface area (Å²) >= 11 is 0. The van der Waals surface area contributed by atoms with Crippen molar-refractivity contribution in [2.45, 2.75) is 12.0 Å². The van der Waals surface area contributed by atoms with Crippen molar-refractivity contribution in [3.05, 3.63) is 53.6 Å². The Labute approximate surface area is 173 Å². The molecule has 0 unspecified atom stereocenters. The fraction of sp³-hybridized carbons (Fsp3) is 0.364. The number of nitrogens with zero attached hydrogens (tertiary/aromatic N) is 1. The Morgan fingerprint density at radius 2 is 1.87 bits per heavy atom. The highest BCUT2D eigenvalue weighted by Crippen LogP contribution is 2.43. The van der Waals surface area contributed by atoms with Crippen LogP contribution in [0.4, 0.5) is 5.69 Å². The molecule has 2 N–H and O–H groups in total. The molecule has 0 saturated carbocycles. The Balaban J connectivity index is 1.42. The Morgan fingerprint density at radius 1 is 1.10 bits per heavy atom.